The quantitative estimate of drug-likeness (QED) is 0.253. The first-order valence-electron chi connectivity index (χ1n) is 13.4. The van der Waals surface area contributed by atoms with Gasteiger partial charge in [-0.25, -0.2) is 17.2 Å². The summed E-state index contributed by atoms with van der Waals surface area (Å²) < 4.78 is 57.1. The number of nitrogens with one attached hydrogen (secondary N) is 1. The zero-order valence-corrected chi connectivity index (χ0v) is 23.8. The van der Waals surface area contributed by atoms with Crippen molar-refractivity contribution < 1.29 is 26.8 Å². The second kappa shape index (κ2) is 13.9. The summed E-state index contributed by atoms with van der Waals surface area (Å²) in [4.78, 5) is 28.7. The number of para-hydroxylation sites is 1. The second-order valence-electron chi connectivity index (χ2n) is 9.52. The Balaban J connectivity index is 1.79. The maximum absolute atomic E-state index is 15.1. The van der Waals surface area contributed by atoms with Crippen molar-refractivity contribution in [1.82, 2.24) is 10.2 Å². The number of amides is 2. The van der Waals surface area contributed by atoms with Crippen LogP contribution in [0.4, 0.5) is 14.5 Å². The first-order chi connectivity index (χ1) is 20.2. The number of hydrogen-bond donors (Lipinski definition) is 1. The summed E-state index contributed by atoms with van der Waals surface area (Å²) in [5.74, 6) is -2.49. The summed E-state index contributed by atoms with van der Waals surface area (Å²) in [5, 5.41) is 2.76. The van der Waals surface area contributed by atoms with Crippen molar-refractivity contribution in [3.63, 3.8) is 0 Å². The number of sulfonamides is 1. The minimum atomic E-state index is -4.40. The summed E-state index contributed by atoms with van der Waals surface area (Å²) in [6.45, 7) is 1.14. The molecule has 42 heavy (non-hydrogen) atoms. The average molecular weight is 592 g/mol. The van der Waals surface area contributed by atoms with E-state index in [0.29, 0.717) is 12.1 Å². The van der Waals surface area contributed by atoms with E-state index in [1.54, 1.807) is 13.0 Å². The van der Waals surface area contributed by atoms with E-state index in [2.05, 4.69) is 5.32 Å². The van der Waals surface area contributed by atoms with Gasteiger partial charge in [0.15, 0.2) is 0 Å². The SMILES string of the molecule is CCNC(=O)C(Cc1ccccc1)N(Cc1ccc(F)cc1)C(=O)CN(c1ccccc1F)S(=O)(=O)c1ccccc1. The zero-order chi connectivity index (χ0) is 30.1. The number of anilines is 1. The van der Waals surface area contributed by atoms with Gasteiger partial charge in [-0.15, -0.1) is 0 Å². The van der Waals surface area contributed by atoms with E-state index in [9.17, 15) is 22.4 Å². The lowest BCUT2D eigenvalue weighted by molar-refractivity contribution is -0.140. The van der Waals surface area contributed by atoms with Gasteiger partial charge in [-0.2, -0.15) is 0 Å². The molecule has 0 radical (unpaired) electrons. The minimum absolute atomic E-state index is 0.121. The first-order valence-corrected chi connectivity index (χ1v) is 14.8. The van der Waals surface area contributed by atoms with Crippen molar-refractivity contribution >= 4 is 27.5 Å². The molecule has 0 fully saturated rings. The predicted molar refractivity (Wildman–Crippen MR) is 157 cm³/mol. The summed E-state index contributed by atoms with van der Waals surface area (Å²) in [6, 6.07) is 26.2. The lowest BCUT2D eigenvalue weighted by Crippen LogP contribution is -2.53. The van der Waals surface area contributed by atoms with E-state index in [1.165, 1.54) is 71.6 Å². The highest BCUT2D eigenvalue weighted by atomic mass is 32.2. The molecule has 0 aromatic heterocycles. The van der Waals surface area contributed by atoms with Gasteiger partial charge in [-0.3, -0.25) is 13.9 Å². The topological polar surface area (TPSA) is 86.8 Å². The smallest absolute Gasteiger partial charge is 0.264 e. The second-order valence-corrected chi connectivity index (χ2v) is 11.4. The molecule has 4 aromatic rings. The van der Waals surface area contributed by atoms with E-state index >= 15 is 4.39 Å². The Morgan fingerprint density at radius 3 is 2.00 bits per heavy atom. The van der Waals surface area contributed by atoms with Crippen LogP contribution in [0.5, 0.6) is 0 Å². The van der Waals surface area contributed by atoms with Gasteiger partial charge >= 0.3 is 0 Å². The van der Waals surface area contributed by atoms with E-state index in [1.807, 2.05) is 30.3 Å². The van der Waals surface area contributed by atoms with Gasteiger partial charge in [0, 0.05) is 19.5 Å². The highest BCUT2D eigenvalue weighted by molar-refractivity contribution is 7.92. The van der Waals surface area contributed by atoms with Crippen LogP contribution in [0.1, 0.15) is 18.1 Å². The molecule has 0 aliphatic rings. The standard InChI is InChI=1S/C32H31F2N3O4S/c1-2-35-32(39)30(21-24-11-5-3-6-12-24)36(22-25-17-19-26(33)20-18-25)31(38)23-37(29-16-10-9-15-28(29)34)42(40,41)27-13-7-4-8-14-27/h3-20,30H,2,21-23H2,1H3,(H,35,39). The number of carbonyl (C=O) groups is 2. The maximum atomic E-state index is 15.1. The number of nitrogens with zero attached hydrogens (tertiary/aromatic N) is 2. The molecule has 1 atom stereocenters. The Labute approximate surface area is 244 Å². The van der Waals surface area contributed by atoms with Crippen molar-refractivity contribution in [3.05, 3.63) is 132 Å². The normalized spacial score (nSPS) is 11.9. The molecule has 0 bridgehead atoms. The zero-order valence-electron chi connectivity index (χ0n) is 23.0. The van der Waals surface area contributed by atoms with Crippen molar-refractivity contribution in [2.24, 2.45) is 0 Å². The molecule has 0 heterocycles. The molecule has 0 spiro atoms. The number of benzene rings is 4. The molecule has 7 nitrogen and oxygen atoms in total. The number of likely N-dealkylation sites (N-methyl/N-ethyl adjacent to an activating group) is 1. The Kier molecular flexibility index (Phi) is 10.0. The molecule has 0 aliphatic heterocycles. The van der Waals surface area contributed by atoms with Gasteiger partial charge in [-0.1, -0.05) is 72.8 Å². The Hall–Kier alpha value is -4.57. The van der Waals surface area contributed by atoms with Crippen molar-refractivity contribution in [3.8, 4) is 0 Å². The van der Waals surface area contributed by atoms with Crippen LogP contribution in [0.15, 0.2) is 114 Å². The van der Waals surface area contributed by atoms with Crippen LogP contribution in [-0.4, -0.2) is 44.3 Å². The van der Waals surface area contributed by atoms with Gasteiger partial charge in [-0.05, 0) is 54.4 Å². The molecule has 10 heteroatoms. The molecule has 1 N–H and O–H groups in total. The molecular formula is C32H31F2N3O4S. The number of hydrogen-bond acceptors (Lipinski definition) is 4. The predicted octanol–water partition coefficient (Wildman–Crippen LogP) is 4.94. The fourth-order valence-electron chi connectivity index (χ4n) is 4.52. The Morgan fingerprint density at radius 1 is 0.786 bits per heavy atom. The van der Waals surface area contributed by atoms with Gasteiger partial charge in [0.2, 0.25) is 11.8 Å². The third-order valence-corrected chi connectivity index (χ3v) is 8.39. The van der Waals surface area contributed by atoms with Crippen molar-refractivity contribution in [1.29, 1.82) is 0 Å². The summed E-state index contributed by atoms with van der Waals surface area (Å²) >= 11 is 0. The van der Waals surface area contributed by atoms with Crippen LogP contribution in [0.3, 0.4) is 0 Å². The lowest BCUT2D eigenvalue weighted by atomic mass is 10.0. The summed E-state index contributed by atoms with van der Waals surface area (Å²) in [6.07, 6.45) is 0.130. The van der Waals surface area contributed by atoms with Crippen LogP contribution in [0.25, 0.3) is 0 Å². The van der Waals surface area contributed by atoms with E-state index < -0.39 is 46.1 Å². The van der Waals surface area contributed by atoms with Crippen molar-refractivity contribution in [2.75, 3.05) is 17.4 Å². The summed E-state index contributed by atoms with van der Waals surface area (Å²) in [7, 11) is -4.40. The molecule has 0 aliphatic carbocycles. The average Bonchev–Trinajstić information content (AvgIpc) is 3.00. The fourth-order valence-corrected chi connectivity index (χ4v) is 5.96. The summed E-state index contributed by atoms with van der Waals surface area (Å²) in [5.41, 5.74) is 0.984. The van der Waals surface area contributed by atoms with Gasteiger partial charge in [0.05, 0.1) is 10.6 Å². The van der Waals surface area contributed by atoms with Gasteiger partial charge < -0.3 is 10.2 Å². The minimum Gasteiger partial charge on any atom is -0.355 e. The maximum Gasteiger partial charge on any atom is 0.264 e. The van der Waals surface area contributed by atoms with Gasteiger partial charge in [0.1, 0.15) is 24.2 Å². The monoisotopic (exact) mass is 591 g/mol. The largest absolute Gasteiger partial charge is 0.355 e. The number of halogens is 2. The first kappa shape index (κ1) is 30.4. The molecule has 1 unspecified atom stereocenters. The van der Waals surface area contributed by atoms with E-state index in [4.69, 9.17) is 0 Å². The third kappa shape index (κ3) is 7.38. The van der Waals surface area contributed by atoms with Crippen LogP contribution in [0, 0.1) is 11.6 Å². The third-order valence-electron chi connectivity index (χ3n) is 6.62. The van der Waals surface area contributed by atoms with E-state index in [-0.39, 0.29) is 23.5 Å². The highest BCUT2D eigenvalue weighted by Crippen LogP contribution is 2.27. The number of carbonyl (C=O) groups excluding carboxylic acids is 2. The molecule has 4 aromatic carbocycles. The number of rotatable bonds is 12. The Bertz CT molecular complexity index is 1600. The van der Waals surface area contributed by atoms with Crippen LogP contribution >= 0.6 is 0 Å². The van der Waals surface area contributed by atoms with E-state index in [0.717, 1.165) is 15.9 Å². The van der Waals surface area contributed by atoms with Crippen LogP contribution in [-0.2, 0) is 32.6 Å². The Morgan fingerprint density at radius 2 is 1.38 bits per heavy atom. The lowest BCUT2D eigenvalue weighted by Gasteiger charge is -2.33. The molecule has 4 rings (SSSR count). The molecule has 0 saturated heterocycles. The molecule has 2 amide bonds. The highest BCUT2D eigenvalue weighted by Gasteiger charge is 2.35. The molecule has 0 saturated carbocycles. The van der Waals surface area contributed by atoms with Crippen molar-refractivity contribution in [2.45, 2.75) is 30.8 Å². The fraction of sp³-hybridized carbons (Fsp3) is 0.188. The van der Waals surface area contributed by atoms with Crippen LogP contribution < -0.4 is 9.62 Å². The molecule has 218 valence electrons. The van der Waals surface area contributed by atoms with Gasteiger partial charge in [0.25, 0.3) is 10.0 Å². The van der Waals surface area contributed by atoms with Crippen LogP contribution in [0.2, 0.25) is 0 Å². The molecular weight excluding hydrogens is 560 g/mol.